The van der Waals surface area contributed by atoms with Crippen LogP contribution in [0.15, 0.2) is 0 Å². The minimum absolute atomic E-state index is 0. The maximum Gasteiger partial charge on any atom is 1.00 e. The second-order valence-corrected chi connectivity index (χ2v) is 1.04. The number of hydrogen-bond acceptors (Lipinski definition) is 2. The van der Waals surface area contributed by atoms with Crippen molar-refractivity contribution in [1.82, 2.24) is 0 Å². The summed E-state index contributed by atoms with van der Waals surface area (Å²) in [5, 5.41) is 14.8. The normalized spacial score (nSPS) is 5.09. The second-order valence-electron chi connectivity index (χ2n) is 1.04. The zero-order chi connectivity index (χ0) is 9.15. The molecule has 0 radical (unpaired) electrons. The third-order valence-corrected chi connectivity index (χ3v) is 0. The van der Waals surface area contributed by atoms with Crippen molar-refractivity contribution in [2.24, 2.45) is 0 Å². The minimum Gasteiger partial charge on any atom is -0.481 e. The molecule has 0 aromatic rings. The van der Waals surface area contributed by atoms with Crippen LogP contribution in [-0.4, -0.2) is 22.2 Å². The minimum atomic E-state index is -0.833. The van der Waals surface area contributed by atoms with Crippen molar-refractivity contribution in [3.05, 3.63) is 6.92 Å². The summed E-state index contributed by atoms with van der Waals surface area (Å²) >= 11 is 0. The average Bonchev–Trinajstić information content (AvgIpc) is 1.66. The van der Waals surface area contributed by atoms with Gasteiger partial charge in [-0.1, -0.05) is 0 Å². The fourth-order valence-electron chi connectivity index (χ4n) is 0. The molecule has 0 saturated heterocycles. The molecule has 0 fully saturated rings. The number of rotatable bonds is 0. The molecule has 0 atom stereocenters. The molecule has 0 amide bonds. The monoisotopic (exact) mass is 172 g/mol. The number of carbonyl (C=O) groups is 2. The van der Waals surface area contributed by atoms with E-state index in [0.717, 1.165) is 13.8 Å². The van der Waals surface area contributed by atoms with Crippen molar-refractivity contribution >= 4 is 11.9 Å². The molecule has 0 aromatic heterocycles. The van der Waals surface area contributed by atoms with Crippen molar-refractivity contribution in [2.75, 3.05) is 0 Å². The summed E-state index contributed by atoms with van der Waals surface area (Å²) in [6.07, 6.45) is 0. The maximum atomic E-state index is 9.00. The fraction of sp³-hybridized carbons (Fsp3) is 0.500. The van der Waals surface area contributed by atoms with Gasteiger partial charge in [0.15, 0.2) is 0 Å². The van der Waals surface area contributed by atoms with Crippen molar-refractivity contribution in [2.45, 2.75) is 20.8 Å². The van der Waals surface area contributed by atoms with E-state index in [1.54, 1.807) is 6.92 Å². The Bertz CT molecular complexity index is 72.6. The van der Waals surface area contributed by atoms with Gasteiger partial charge in [-0.25, -0.2) is 0 Å². The first-order valence-electron chi connectivity index (χ1n) is 2.56. The standard InChI is InChI=1S/2C2H4O2.C2H5.Na/c2*1-2(3)4;1-2;/h2*1H3,(H,3,4);1H2,2H3;/q;;-1;+1. The van der Waals surface area contributed by atoms with Crippen molar-refractivity contribution in [1.29, 1.82) is 0 Å². The molecular weight excluding hydrogens is 159 g/mol. The van der Waals surface area contributed by atoms with E-state index in [1.165, 1.54) is 0 Å². The zero-order valence-electron chi connectivity index (χ0n) is 7.42. The first-order chi connectivity index (χ1) is 4.46. The second kappa shape index (κ2) is 22.5. The summed E-state index contributed by atoms with van der Waals surface area (Å²) < 4.78 is 0. The van der Waals surface area contributed by atoms with Crippen LogP contribution in [0.2, 0.25) is 0 Å². The van der Waals surface area contributed by atoms with Gasteiger partial charge in [-0.2, -0.15) is 6.92 Å². The van der Waals surface area contributed by atoms with E-state index in [9.17, 15) is 0 Å². The Labute approximate surface area is 88.9 Å². The molecule has 5 heteroatoms. The SMILES string of the molecule is CC(=O)O.CC(=O)O.[CH2-]C.[Na+]. The smallest absolute Gasteiger partial charge is 0.481 e. The van der Waals surface area contributed by atoms with Crippen molar-refractivity contribution in [3.8, 4) is 0 Å². The molecule has 0 aliphatic heterocycles. The van der Waals surface area contributed by atoms with E-state index in [0.29, 0.717) is 0 Å². The summed E-state index contributed by atoms with van der Waals surface area (Å²) in [5.74, 6) is -1.67. The van der Waals surface area contributed by atoms with Crippen LogP contribution < -0.4 is 29.6 Å². The van der Waals surface area contributed by atoms with E-state index in [-0.39, 0.29) is 29.6 Å². The molecule has 0 rings (SSSR count). The van der Waals surface area contributed by atoms with Crippen LogP contribution in [0.4, 0.5) is 0 Å². The molecular formula is C6H13NaO4. The molecule has 0 aromatic carbocycles. The summed E-state index contributed by atoms with van der Waals surface area (Å²) in [4.78, 5) is 18.0. The zero-order valence-corrected chi connectivity index (χ0v) is 9.42. The molecule has 0 spiro atoms. The van der Waals surface area contributed by atoms with Crippen LogP contribution >= 0.6 is 0 Å². The Balaban J connectivity index is -0.0000000339. The van der Waals surface area contributed by atoms with E-state index >= 15 is 0 Å². The van der Waals surface area contributed by atoms with Gasteiger partial charge in [-0.05, 0) is 0 Å². The largest absolute Gasteiger partial charge is 1.00 e. The molecule has 0 heterocycles. The Morgan fingerprint density at radius 3 is 1.00 bits per heavy atom. The number of hydrogen-bond donors (Lipinski definition) is 2. The van der Waals surface area contributed by atoms with E-state index in [1.807, 2.05) is 0 Å². The fourth-order valence-corrected chi connectivity index (χ4v) is 0. The van der Waals surface area contributed by atoms with Crippen LogP contribution in [0, 0.1) is 6.92 Å². The van der Waals surface area contributed by atoms with Gasteiger partial charge in [0.25, 0.3) is 11.9 Å². The molecule has 11 heavy (non-hydrogen) atoms. The van der Waals surface area contributed by atoms with Crippen LogP contribution in [0.3, 0.4) is 0 Å². The van der Waals surface area contributed by atoms with Gasteiger partial charge in [0.2, 0.25) is 0 Å². The van der Waals surface area contributed by atoms with Gasteiger partial charge < -0.3 is 17.1 Å². The van der Waals surface area contributed by atoms with Gasteiger partial charge in [0.1, 0.15) is 0 Å². The summed E-state index contributed by atoms with van der Waals surface area (Å²) in [6, 6.07) is 0. The van der Waals surface area contributed by atoms with E-state index in [2.05, 4.69) is 6.92 Å². The van der Waals surface area contributed by atoms with Gasteiger partial charge >= 0.3 is 29.6 Å². The molecule has 2 N–H and O–H groups in total. The number of carboxylic acid groups (broad SMARTS) is 2. The topological polar surface area (TPSA) is 74.6 Å². The Kier molecular flexibility index (Phi) is 45.9. The first kappa shape index (κ1) is 22.4. The summed E-state index contributed by atoms with van der Waals surface area (Å²) in [6.45, 7) is 7.17. The Morgan fingerprint density at radius 2 is 1.00 bits per heavy atom. The molecule has 0 aliphatic carbocycles. The predicted molar refractivity (Wildman–Crippen MR) is 37.7 cm³/mol. The summed E-state index contributed by atoms with van der Waals surface area (Å²) in [7, 11) is 0. The van der Waals surface area contributed by atoms with Gasteiger partial charge in [-0.15, -0.1) is 0 Å². The predicted octanol–water partition coefficient (Wildman–Crippen LogP) is -1.97. The van der Waals surface area contributed by atoms with Gasteiger partial charge in [-0.3, -0.25) is 9.59 Å². The van der Waals surface area contributed by atoms with E-state index in [4.69, 9.17) is 19.8 Å². The van der Waals surface area contributed by atoms with Crippen LogP contribution in [-0.2, 0) is 9.59 Å². The molecule has 0 bridgehead atoms. The number of aliphatic carboxylic acids is 2. The Morgan fingerprint density at radius 1 is 1.00 bits per heavy atom. The summed E-state index contributed by atoms with van der Waals surface area (Å²) in [5.41, 5.74) is 0. The molecule has 0 aliphatic rings. The van der Waals surface area contributed by atoms with Crippen LogP contribution in [0.1, 0.15) is 20.8 Å². The third-order valence-electron chi connectivity index (χ3n) is 0. The molecule has 62 valence electrons. The molecule has 4 nitrogen and oxygen atoms in total. The van der Waals surface area contributed by atoms with Crippen LogP contribution in [0.25, 0.3) is 0 Å². The quantitative estimate of drug-likeness (QED) is 0.328. The third kappa shape index (κ3) is 174000. The average molecular weight is 172 g/mol. The van der Waals surface area contributed by atoms with Crippen LogP contribution in [0.5, 0.6) is 0 Å². The number of carboxylic acids is 2. The Hall–Kier alpha value is -0.0600. The van der Waals surface area contributed by atoms with Crippen molar-refractivity contribution < 1.29 is 49.4 Å². The molecule has 0 unspecified atom stereocenters. The maximum absolute atomic E-state index is 9.00. The van der Waals surface area contributed by atoms with E-state index < -0.39 is 11.9 Å². The first-order valence-corrected chi connectivity index (χ1v) is 2.56. The van der Waals surface area contributed by atoms with Gasteiger partial charge in [0.05, 0.1) is 0 Å². The van der Waals surface area contributed by atoms with Crippen molar-refractivity contribution in [3.63, 3.8) is 0 Å². The van der Waals surface area contributed by atoms with Gasteiger partial charge in [0, 0.05) is 13.8 Å². The molecule has 0 saturated carbocycles.